The second kappa shape index (κ2) is 11.9. The van der Waals surface area contributed by atoms with Crippen LogP contribution in [-0.2, 0) is 10.8 Å². The highest BCUT2D eigenvalue weighted by molar-refractivity contribution is 6.03. The molecular weight excluding hydrogens is 658 g/mol. The van der Waals surface area contributed by atoms with Crippen molar-refractivity contribution in [1.29, 1.82) is 0 Å². The largest absolute Gasteiger partial charge is 0.310 e. The molecule has 54 heavy (non-hydrogen) atoms. The number of benzene rings is 8. The minimum Gasteiger partial charge on any atom is -0.310 e. The maximum absolute atomic E-state index is 16.2. The van der Waals surface area contributed by atoms with E-state index < -0.39 is 5.41 Å². The van der Waals surface area contributed by atoms with E-state index in [1.165, 1.54) is 44.2 Å². The second-order valence-electron chi connectivity index (χ2n) is 15.9. The minimum atomic E-state index is -0.560. The molecule has 0 heterocycles. The molecule has 0 aromatic heterocycles. The Hall–Kier alpha value is -6.25. The van der Waals surface area contributed by atoms with Crippen LogP contribution in [0.15, 0.2) is 170 Å². The predicted octanol–water partition coefficient (Wildman–Crippen LogP) is 14.4. The monoisotopic (exact) mass is 697 g/mol. The topological polar surface area (TPSA) is 3.24 Å². The molecule has 0 saturated carbocycles. The lowest BCUT2D eigenvalue weighted by atomic mass is 9.81. The Morgan fingerprint density at radius 2 is 0.963 bits per heavy atom. The van der Waals surface area contributed by atoms with Crippen molar-refractivity contribution in [1.82, 2.24) is 0 Å². The zero-order chi connectivity index (χ0) is 36.8. The Morgan fingerprint density at radius 3 is 1.74 bits per heavy atom. The van der Waals surface area contributed by atoms with Crippen LogP contribution in [0.5, 0.6) is 0 Å². The predicted molar refractivity (Wildman–Crippen MR) is 225 cm³/mol. The molecule has 0 saturated heterocycles. The van der Waals surface area contributed by atoms with Gasteiger partial charge in [0.15, 0.2) is 0 Å². The number of nitrogens with zero attached hydrogens (tertiary/aromatic N) is 1. The molecule has 0 aliphatic heterocycles. The summed E-state index contributed by atoms with van der Waals surface area (Å²) in [5.41, 5.74) is 16.3. The van der Waals surface area contributed by atoms with Gasteiger partial charge in [-0.05, 0) is 114 Å². The third kappa shape index (κ3) is 4.76. The van der Waals surface area contributed by atoms with Crippen molar-refractivity contribution in [2.75, 3.05) is 4.90 Å². The van der Waals surface area contributed by atoms with Gasteiger partial charge in [0.05, 0.1) is 0 Å². The Balaban J connectivity index is 1.16. The highest BCUT2D eigenvalue weighted by Gasteiger charge is 2.41. The first-order valence-corrected chi connectivity index (χ1v) is 18.9. The Kier molecular flexibility index (Phi) is 7.13. The molecule has 0 bridgehead atoms. The number of hydrogen-bond donors (Lipinski definition) is 0. The SMILES string of the molecule is CC1(C)c2ccccc2-c2ccc(N(c3ccc(-c4ccccc4)cc3)c3ccc4c(c3)C(C)(C)c3c(F)ccc(-c5cccc6ccccc56)c3-4)cc21. The van der Waals surface area contributed by atoms with E-state index in [4.69, 9.17) is 0 Å². The van der Waals surface area contributed by atoms with Crippen molar-refractivity contribution in [3.63, 3.8) is 0 Å². The molecule has 0 unspecified atom stereocenters. The first-order valence-electron chi connectivity index (χ1n) is 18.9. The summed E-state index contributed by atoms with van der Waals surface area (Å²) in [6, 6.07) is 60.4. The molecule has 0 fully saturated rings. The Morgan fingerprint density at radius 1 is 0.407 bits per heavy atom. The zero-order valence-electron chi connectivity index (χ0n) is 31.0. The maximum atomic E-state index is 16.2. The van der Waals surface area contributed by atoms with Gasteiger partial charge in [0.1, 0.15) is 5.82 Å². The van der Waals surface area contributed by atoms with Crippen LogP contribution in [0.1, 0.15) is 49.9 Å². The lowest BCUT2D eigenvalue weighted by Gasteiger charge is -2.30. The number of fused-ring (bicyclic) bond motifs is 7. The normalized spacial score (nSPS) is 14.3. The van der Waals surface area contributed by atoms with E-state index in [1.807, 2.05) is 6.07 Å². The fourth-order valence-electron chi connectivity index (χ4n) is 9.41. The molecule has 10 rings (SSSR count). The van der Waals surface area contributed by atoms with Gasteiger partial charge in [0.25, 0.3) is 0 Å². The van der Waals surface area contributed by atoms with E-state index in [9.17, 15) is 0 Å². The molecule has 2 aliphatic rings. The third-order valence-electron chi connectivity index (χ3n) is 12.1. The van der Waals surface area contributed by atoms with Gasteiger partial charge in [-0.3, -0.25) is 0 Å². The summed E-state index contributed by atoms with van der Waals surface area (Å²) in [7, 11) is 0. The van der Waals surface area contributed by atoms with Gasteiger partial charge >= 0.3 is 0 Å². The van der Waals surface area contributed by atoms with Crippen molar-refractivity contribution >= 4 is 27.8 Å². The van der Waals surface area contributed by atoms with Crippen LogP contribution >= 0.6 is 0 Å². The van der Waals surface area contributed by atoms with E-state index in [-0.39, 0.29) is 11.2 Å². The summed E-state index contributed by atoms with van der Waals surface area (Å²) in [4.78, 5) is 2.37. The molecule has 0 N–H and O–H groups in total. The lowest BCUT2D eigenvalue weighted by molar-refractivity contribution is 0.559. The van der Waals surface area contributed by atoms with Crippen molar-refractivity contribution in [3.05, 3.63) is 198 Å². The maximum Gasteiger partial charge on any atom is 0.127 e. The second-order valence-corrected chi connectivity index (χ2v) is 15.9. The molecule has 1 nitrogen and oxygen atoms in total. The van der Waals surface area contributed by atoms with Gasteiger partial charge in [-0.15, -0.1) is 0 Å². The molecule has 2 aliphatic carbocycles. The first-order chi connectivity index (χ1) is 26.2. The van der Waals surface area contributed by atoms with Crippen LogP contribution in [0, 0.1) is 5.82 Å². The number of anilines is 3. The van der Waals surface area contributed by atoms with Gasteiger partial charge in [-0.25, -0.2) is 4.39 Å². The standard InChI is InChI=1S/C52H40FN/c1-51(2)45-20-11-10-18-41(45)42-27-25-37(31-46(42)51)54(36-23-21-34(22-24-36)33-13-6-5-7-14-33)38-26-28-44-47(32-38)52(3,4)50-48(53)30-29-43(49(44)50)40-19-12-16-35-15-8-9-17-39(35)40/h5-32H,1-4H3. The molecule has 8 aromatic rings. The van der Waals surface area contributed by atoms with Crippen LogP contribution in [0.3, 0.4) is 0 Å². The van der Waals surface area contributed by atoms with E-state index in [2.05, 4.69) is 190 Å². The summed E-state index contributed by atoms with van der Waals surface area (Å²) in [6.07, 6.45) is 0. The Labute approximate surface area is 317 Å². The molecule has 0 atom stereocenters. The smallest absolute Gasteiger partial charge is 0.127 e. The summed E-state index contributed by atoms with van der Waals surface area (Å²) in [5, 5.41) is 2.35. The molecular formula is C52H40FN. The zero-order valence-corrected chi connectivity index (χ0v) is 31.0. The fraction of sp³-hybridized carbons (Fsp3) is 0.115. The van der Waals surface area contributed by atoms with Crippen LogP contribution in [0.2, 0.25) is 0 Å². The molecule has 8 aromatic carbocycles. The van der Waals surface area contributed by atoms with Crippen molar-refractivity contribution in [3.8, 4) is 44.5 Å². The molecule has 0 spiro atoms. The third-order valence-corrected chi connectivity index (χ3v) is 12.1. The van der Waals surface area contributed by atoms with Crippen LogP contribution in [-0.4, -0.2) is 0 Å². The highest BCUT2D eigenvalue weighted by atomic mass is 19.1. The van der Waals surface area contributed by atoms with Gasteiger partial charge in [-0.1, -0.05) is 155 Å². The van der Waals surface area contributed by atoms with Crippen LogP contribution < -0.4 is 4.90 Å². The summed E-state index contributed by atoms with van der Waals surface area (Å²) >= 11 is 0. The summed E-state index contributed by atoms with van der Waals surface area (Å²) < 4.78 is 16.2. The van der Waals surface area contributed by atoms with E-state index in [0.717, 1.165) is 50.4 Å². The average Bonchev–Trinajstić information content (AvgIpc) is 3.58. The van der Waals surface area contributed by atoms with E-state index >= 15 is 4.39 Å². The molecule has 0 radical (unpaired) electrons. The quantitative estimate of drug-likeness (QED) is 0.173. The van der Waals surface area contributed by atoms with Gasteiger partial charge < -0.3 is 4.90 Å². The summed E-state index contributed by atoms with van der Waals surface area (Å²) in [6.45, 7) is 9.01. The number of hydrogen-bond acceptors (Lipinski definition) is 1. The van der Waals surface area contributed by atoms with Gasteiger partial charge in [0, 0.05) is 33.5 Å². The van der Waals surface area contributed by atoms with Crippen LogP contribution in [0.25, 0.3) is 55.3 Å². The minimum absolute atomic E-state index is 0.137. The molecule has 2 heteroatoms. The first kappa shape index (κ1) is 32.4. The number of halogens is 1. The molecule has 260 valence electrons. The van der Waals surface area contributed by atoms with E-state index in [1.54, 1.807) is 6.07 Å². The lowest BCUT2D eigenvalue weighted by Crippen LogP contribution is -2.18. The van der Waals surface area contributed by atoms with Crippen LogP contribution in [0.4, 0.5) is 21.5 Å². The Bertz CT molecular complexity index is 2770. The van der Waals surface area contributed by atoms with E-state index in [0.29, 0.717) is 0 Å². The van der Waals surface area contributed by atoms with Crippen molar-refractivity contribution in [2.45, 2.75) is 38.5 Å². The van der Waals surface area contributed by atoms with Crippen molar-refractivity contribution in [2.24, 2.45) is 0 Å². The van der Waals surface area contributed by atoms with Crippen molar-refractivity contribution < 1.29 is 4.39 Å². The average molecular weight is 698 g/mol. The fourth-order valence-corrected chi connectivity index (χ4v) is 9.41. The highest BCUT2D eigenvalue weighted by Crippen LogP contribution is 2.56. The summed E-state index contributed by atoms with van der Waals surface area (Å²) in [5.74, 6) is -0.162. The molecule has 0 amide bonds. The number of rotatable bonds is 5. The van der Waals surface area contributed by atoms with Gasteiger partial charge in [-0.2, -0.15) is 0 Å². The van der Waals surface area contributed by atoms with Gasteiger partial charge in [0.2, 0.25) is 0 Å².